The summed E-state index contributed by atoms with van der Waals surface area (Å²) in [7, 11) is 0. The minimum absolute atomic E-state index is 0.141. The van der Waals surface area contributed by atoms with Crippen molar-refractivity contribution in [2.24, 2.45) is 5.10 Å². The van der Waals surface area contributed by atoms with Crippen LogP contribution in [0.25, 0.3) is 0 Å². The van der Waals surface area contributed by atoms with Crippen LogP contribution < -0.4 is 5.43 Å². The van der Waals surface area contributed by atoms with Gasteiger partial charge < -0.3 is 4.74 Å². The molecular weight excluding hydrogens is 285 g/mol. The van der Waals surface area contributed by atoms with E-state index in [1.54, 1.807) is 12.1 Å². The van der Waals surface area contributed by atoms with Gasteiger partial charge >= 0.3 is 0 Å². The quantitative estimate of drug-likeness (QED) is 0.644. The van der Waals surface area contributed by atoms with Crippen molar-refractivity contribution in [1.29, 1.82) is 0 Å². The van der Waals surface area contributed by atoms with Crippen LogP contribution in [0.5, 0.6) is 0 Å². The molecule has 1 aromatic rings. The molecule has 1 heterocycles. The molecule has 120 valence electrons. The van der Waals surface area contributed by atoms with E-state index < -0.39 is 0 Å². The van der Waals surface area contributed by atoms with Crippen molar-refractivity contribution in [1.82, 2.24) is 10.3 Å². The first kappa shape index (κ1) is 16.6. The number of ether oxygens (including phenoxy) is 1. The molecule has 1 fully saturated rings. The molecule has 6 heteroatoms. The van der Waals surface area contributed by atoms with E-state index >= 15 is 0 Å². The van der Waals surface area contributed by atoms with Crippen LogP contribution in [0, 0.1) is 5.82 Å². The van der Waals surface area contributed by atoms with Gasteiger partial charge in [0.05, 0.1) is 25.5 Å². The molecule has 0 aromatic heterocycles. The first-order valence-corrected chi connectivity index (χ1v) is 7.60. The fourth-order valence-electron chi connectivity index (χ4n) is 2.27. The standard InChI is InChI=1S/C16H22FN3O2/c1-2-3-15(13-4-6-14(17)7-5-13)18-19-16(21)12-20-8-10-22-11-9-20/h4-7H,2-3,8-12H2,1H3,(H,19,21)/b18-15+. The molecule has 1 aliphatic heterocycles. The van der Waals surface area contributed by atoms with E-state index in [1.807, 2.05) is 11.8 Å². The van der Waals surface area contributed by atoms with Crippen molar-refractivity contribution in [3.63, 3.8) is 0 Å². The fraction of sp³-hybridized carbons (Fsp3) is 0.500. The summed E-state index contributed by atoms with van der Waals surface area (Å²) in [5, 5.41) is 4.22. The van der Waals surface area contributed by atoms with E-state index in [0.29, 0.717) is 19.8 Å². The van der Waals surface area contributed by atoms with Crippen LogP contribution in [0.1, 0.15) is 25.3 Å². The summed E-state index contributed by atoms with van der Waals surface area (Å²) in [4.78, 5) is 14.0. The van der Waals surface area contributed by atoms with E-state index in [-0.39, 0.29) is 11.7 Å². The van der Waals surface area contributed by atoms with E-state index in [4.69, 9.17) is 4.74 Å². The molecule has 2 rings (SSSR count). The fourth-order valence-corrected chi connectivity index (χ4v) is 2.27. The van der Waals surface area contributed by atoms with Crippen molar-refractivity contribution in [2.45, 2.75) is 19.8 Å². The minimum Gasteiger partial charge on any atom is -0.379 e. The van der Waals surface area contributed by atoms with Crippen LogP contribution >= 0.6 is 0 Å². The van der Waals surface area contributed by atoms with Crippen LogP contribution in [0.3, 0.4) is 0 Å². The van der Waals surface area contributed by atoms with E-state index in [1.165, 1.54) is 12.1 Å². The number of morpholine rings is 1. The maximum atomic E-state index is 13.0. The molecule has 0 unspecified atom stereocenters. The molecule has 1 amide bonds. The molecule has 1 saturated heterocycles. The normalized spacial score (nSPS) is 16.5. The first-order chi connectivity index (χ1) is 10.7. The summed E-state index contributed by atoms with van der Waals surface area (Å²) in [6.07, 6.45) is 1.62. The summed E-state index contributed by atoms with van der Waals surface area (Å²) in [5.41, 5.74) is 4.19. The van der Waals surface area contributed by atoms with E-state index in [0.717, 1.165) is 37.2 Å². The predicted molar refractivity (Wildman–Crippen MR) is 83.2 cm³/mol. The van der Waals surface area contributed by atoms with Crippen molar-refractivity contribution >= 4 is 11.6 Å². The number of nitrogens with zero attached hydrogens (tertiary/aromatic N) is 2. The third-order valence-corrected chi connectivity index (χ3v) is 3.45. The number of rotatable bonds is 6. The average molecular weight is 307 g/mol. The molecule has 0 spiro atoms. The molecule has 1 aliphatic rings. The number of nitrogens with one attached hydrogen (secondary N) is 1. The zero-order valence-corrected chi connectivity index (χ0v) is 12.8. The van der Waals surface area contributed by atoms with E-state index in [2.05, 4.69) is 10.5 Å². The second-order valence-electron chi connectivity index (χ2n) is 5.24. The molecule has 22 heavy (non-hydrogen) atoms. The molecule has 0 radical (unpaired) electrons. The van der Waals surface area contributed by atoms with Crippen LogP contribution in [-0.2, 0) is 9.53 Å². The Balaban J connectivity index is 1.94. The highest BCUT2D eigenvalue weighted by Crippen LogP contribution is 2.08. The lowest BCUT2D eigenvalue weighted by molar-refractivity contribution is -0.123. The Kier molecular flexibility index (Phi) is 6.48. The Bertz CT molecular complexity index is 511. The van der Waals surface area contributed by atoms with Gasteiger partial charge in [-0.3, -0.25) is 9.69 Å². The molecule has 0 bridgehead atoms. The maximum absolute atomic E-state index is 13.0. The SMILES string of the molecule is CCC/C(=N\NC(=O)CN1CCOCC1)c1ccc(F)cc1. The summed E-state index contributed by atoms with van der Waals surface area (Å²) >= 11 is 0. The lowest BCUT2D eigenvalue weighted by atomic mass is 10.1. The van der Waals surface area contributed by atoms with Crippen molar-refractivity contribution < 1.29 is 13.9 Å². The summed E-state index contributed by atoms with van der Waals surface area (Å²) in [5.74, 6) is -0.423. The van der Waals surface area contributed by atoms with Crippen LogP contribution in [0.15, 0.2) is 29.4 Å². The minimum atomic E-state index is -0.282. The highest BCUT2D eigenvalue weighted by molar-refractivity contribution is 6.01. The number of halogens is 1. The van der Waals surface area contributed by atoms with Crippen LogP contribution in [0.2, 0.25) is 0 Å². The van der Waals surface area contributed by atoms with E-state index in [9.17, 15) is 9.18 Å². The highest BCUT2D eigenvalue weighted by Gasteiger charge is 2.14. The Hall–Kier alpha value is -1.79. The largest absolute Gasteiger partial charge is 0.379 e. The van der Waals surface area contributed by atoms with Crippen LogP contribution in [0.4, 0.5) is 4.39 Å². The molecule has 1 aromatic carbocycles. The van der Waals surface area contributed by atoms with Gasteiger partial charge in [0.2, 0.25) is 0 Å². The molecule has 0 atom stereocenters. The molecule has 0 aliphatic carbocycles. The first-order valence-electron chi connectivity index (χ1n) is 7.60. The maximum Gasteiger partial charge on any atom is 0.254 e. The van der Waals surface area contributed by atoms with Gasteiger partial charge in [0.1, 0.15) is 5.82 Å². The number of benzene rings is 1. The van der Waals surface area contributed by atoms with Crippen molar-refractivity contribution in [2.75, 3.05) is 32.8 Å². The third-order valence-electron chi connectivity index (χ3n) is 3.45. The number of hydrazone groups is 1. The number of carbonyl (C=O) groups excluding carboxylic acids is 1. The van der Waals surface area contributed by atoms with Gasteiger partial charge in [0.25, 0.3) is 5.91 Å². The summed E-state index contributed by atoms with van der Waals surface area (Å²) in [6.45, 7) is 5.19. The van der Waals surface area contributed by atoms with Gasteiger partial charge in [-0.25, -0.2) is 9.82 Å². The van der Waals surface area contributed by atoms with Crippen molar-refractivity contribution in [3.05, 3.63) is 35.6 Å². The zero-order chi connectivity index (χ0) is 15.8. The topological polar surface area (TPSA) is 53.9 Å². The third kappa shape index (κ3) is 5.20. The summed E-state index contributed by atoms with van der Waals surface area (Å²) < 4.78 is 18.2. The number of hydrogen-bond donors (Lipinski definition) is 1. The Morgan fingerprint density at radius 1 is 1.32 bits per heavy atom. The van der Waals surface area contributed by atoms with Gasteiger partial charge in [-0.05, 0) is 24.1 Å². The number of amides is 1. The van der Waals surface area contributed by atoms with Gasteiger partial charge in [0, 0.05) is 13.1 Å². The molecule has 0 saturated carbocycles. The average Bonchev–Trinajstić information content (AvgIpc) is 2.53. The Labute approximate surface area is 130 Å². The lowest BCUT2D eigenvalue weighted by Crippen LogP contribution is -2.42. The zero-order valence-electron chi connectivity index (χ0n) is 12.8. The monoisotopic (exact) mass is 307 g/mol. The molecular formula is C16H22FN3O2. The second-order valence-corrected chi connectivity index (χ2v) is 5.24. The number of carbonyl (C=O) groups is 1. The van der Waals surface area contributed by atoms with Gasteiger partial charge in [-0.2, -0.15) is 5.10 Å². The van der Waals surface area contributed by atoms with Gasteiger partial charge in [-0.15, -0.1) is 0 Å². The highest BCUT2D eigenvalue weighted by atomic mass is 19.1. The van der Waals surface area contributed by atoms with Crippen molar-refractivity contribution in [3.8, 4) is 0 Å². The predicted octanol–water partition coefficient (Wildman–Crippen LogP) is 1.78. The van der Waals surface area contributed by atoms with Gasteiger partial charge in [-0.1, -0.05) is 25.5 Å². The Morgan fingerprint density at radius 2 is 2.00 bits per heavy atom. The Morgan fingerprint density at radius 3 is 2.64 bits per heavy atom. The number of hydrogen-bond acceptors (Lipinski definition) is 4. The van der Waals surface area contributed by atoms with Crippen LogP contribution in [-0.4, -0.2) is 49.4 Å². The molecule has 5 nitrogen and oxygen atoms in total. The summed E-state index contributed by atoms with van der Waals surface area (Å²) in [6, 6.07) is 6.15. The smallest absolute Gasteiger partial charge is 0.254 e. The molecule has 1 N–H and O–H groups in total. The second kappa shape index (κ2) is 8.60. The van der Waals surface area contributed by atoms with Gasteiger partial charge in [0.15, 0.2) is 0 Å². The lowest BCUT2D eigenvalue weighted by Gasteiger charge is -2.25.